The van der Waals surface area contributed by atoms with Gasteiger partial charge in [-0.05, 0) is 85.7 Å². The first-order valence-corrected chi connectivity index (χ1v) is 13.6. The normalized spacial score (nSPS) is 17.9. The van der Waals surface area contributed by atoms with Gasteiger partial charge in [0.1, 0.15) is 11.2 Å². The van der Waals surface area contributed by atoms with Gasteiger partial charge in [-0.3, -0.25) is 9.78 Å². The molecule has 1 aromatic carbocycles. The van der Waals surface area contributed by atoms with Gasteiger partial charge in [0, 0.05) is 60.4 Å². The standard InChI is InChI=1S/C31H35N5O3/c1-18-13-33-19(2)9-23(18)26-15-35-29-25(26)12-22(14-34-29)21-10-20-5-7-36(30(37)31(3,4)38)16-27(20)24(11-21)28-17-39-8-6-32-28/h9-15,28,32,38H,5-8,16-17H2,1-4H3,(H,34,35)/t28-/m0/s1. The molecule has 1 amide bonds. The average molecular weight is 526 g/mol. The van der Waals surface area contributed by atoms with Crippen LogP contribution in [0.25, 0.3) is 33.3 Å². The Labute approximate surface area is 228 Å². The number of nitrogens with zero attached hydrogens (tertiary/aromatic N) is 3. The number of rotatable bonds is 4. The molecule has 0 unspecified atom stereocenters. The molecule has 3 aromatic heterocycles. The summed E-state index contributed by atoms with van der Waals surface area (Å²) in [4.78, 5) is 27.2. The second-order valence-corrected chi connectivity index (χ2v) is 11.3. The van der Waals surface area contributed by atoms with Gasteiger partial charge >= 0.3 is 0 Å². The number of aromatic amines is 1. The smallest absolute Gasteiger partial charge is 0.254 e. The molecular formula is C31H35N5O3. The van der Waals surface area contributed by atoms with E-state index >= 15 is 0 Å². The second-order valence-electron chi connectivity index (χ2n) is 11.3. The Morgan fingerprint density at radius 3 is 2.72 bits per heavy atom. The van der Waals surface area contributed by atoms with E-state index in [9.17, 15) is 9.90 Å². The van der Waals surface area contributed by atoms with Crippen LogP contribution in [0.1, 0.15) is 47.8 Å². The lowest BCUT2D eigenvalue weighted by molar-refractivity contribution is -0.148. The maximum Gasteiger partial charge on any atom is 0.254 e. The zero-order valence-corrected chi connectivity index (χ0v) is 23.0. The van der Waals surface area contributed by atoms with Gasteiger partial charge in [0.15, 0.2) is 0 Å². The number of benzene rings is 1. The molecule has 0 radical (unpaired) electrons. The molecule has 8 heteroatoms. The molecule has 2 aliphatic rings. The highest BCUT2D eigenvalue weighted by Gasteiger charge is 2.33. The van der Waals surface area contributed by atoms with Crippen molar-refractivity contribution in [2.45, 2.75) is 52.3 Å². The number of amides is 1. The summed E-state index contributed by atoms with van der Waals surface area (Å²) in [7, 11) is 0. The summed E-state index contributed by atoms with van der Waals surface area (Å²) in [5.41, 5.74) is 9.48. The van der Waals surface area contributed by atoms with E-state index in [-0.39, 0.29) is 11.9 Å². The van der Waals surface area contributed by atoms with Gasteiger partial charge in [-0.2, -0.15) is 0 Å². The Balaban J connectivity index is 1.45. The number of ether oxygens (including phenoxy) is 1. The van der Waals surface area contributed by atoms with Gasteiger partial charge in [-0.25, -0.2) is 4.98 Å². The van der Waals surface area contributed by atoms with Crippen molar-refractivity contribution in [2.75, 3.05) is 26.3 Å². The predicted molar refractivity (Wildman–Crippen MR) is 151 cm³/mol. The predicted octanol–water partition coefficient (Wildman–Crippen LogP) is 4.23. The Morgan fingerprint density at radius 2 is 1.95 bits per heavy atom. The van der Waals surface area contributed by atoms with Crippen molar-refractivity contribution < 1.29 is 14.6 Å². The molecule has 8 nitrogen and oxygen atoms in total. The Kier molecular flexibility index (Phi) is 6.49. The second kappa shape index (κ2) is 9.86. The summed E-state index contributed by atoms with van der Waals surface area (Å²) in [5, 5.41) is 15.0. The number of H-pyrrole nitrogens is 1. The van der Waals surface area contributed by atoms with Crippen LogP contribution in [0, 0.1) is 13.8 Å². The molecule has 1 fully saturated rings. The number of carbonyl (C=O) groups is 1. The van der Waals surface area contributed by atoms with E-state index in [4.69, 9.17) is 9.72 Å². The molecule has 5 heterocycles. The lowest BCUT2D eigenvalue weighted by Gasteiger charge is -2.36. The van der Waals surface area contributed by atoms with Crippen LogP contribution in [-0.4, -0.2) is 62.8 Å². The summed E-state index contributed by atoms with van der Waals surface area (Å²) in [5.74, 6) is -0.243. The van der Waals surface area contributed by atoms with Gasteiger partial charge in [0.2, 0.25) is 0 Å². The molecule has 1 saturated heterocycles. The van der Waals surface area contributed by atoms with E-state index in [0.717, 1.165) is 68.6 Å². The topological polar surface area (TPSA) is 103 Å². The van der Waals surface area contributed by atoms with Gasteiger partial charge < -0.3 is 25.0 Å². The molecule has 0 spiro atoms. The van der Waals surface area contributed by atoms with Gasteiger partial charge in [-0.15, -0.1) is 0 Å². The molecule has 0 saturated carbocycles. The number of aromatic nitrogens is 3. The van der Waals surface area contributed by atoms with Gasteiger partial charge in [0.05, 0.1) is 19.3 Å². The zero-order valence-electron chi connectivity index (χ0n) is 23.0. The summed E-state index contributed by atoms with van der Waals surface area (Å²) in [6.45, 7) is 10.3. The Hall–Kier alpha value is -3.59. The first-order valence-electron chi connectivity index (χ1n) is 13.6. The van der Waals surface area contributed by atoms with Crippen LogP contribution in [0.2, 0.25) is 0 Å². The molecule has 3 N–H and O–H groups in total. The third kappa shape index (κ3) is 4.84. The lowest BCUT2D eigenvalue weighted by atomic mass is 9.87. The molecule has 39 heavy (non-hydrogen) atoms. The van der Waals surface area contributed by atoms with E-state index in [1.54, 1.807) is 18.7 Å². The number of hydrogen-bond donors (Lipinski definition) is 3. The van der Waals surface area contributed by atoms with E-state index in [2.05, 4.69) is 46.5 Å². The fourth-order valence-electron chi connectivity index (χ4n) is 5.80. The Bertz CT molecular complexity index is 1560. The van der Waals surface area contributed by atoms with E-state index < -0.39 is 5.60 Å². The van der Waals surface area contributed by atoms with Crippen molar-refractivity contribution in [2.24, 2.45) is 0 Å². The lowest BCUT2D eigenvalue weighted by Crippen LogP contribution is -2.47. The fourth-order valence-corrected chi connectivity index (χ4v) is 5.80. The summed E-state index contributed by atoms with van der Waals surface area (Å²) in [6.07, 6.45) is 6.60. The molecule has 4 aromatic rings. The number of fused-ring (bicyclic) bond motifs is 2. The monoisotopic (exact) mass is 525 g/mol. The van der Waals surface area contributed by atoms with E-state index in [1.807, 2.05) is 25.5 Å². The minimum absolute atomic E-state index is 0.0339. The van der Waals surface area contributed by atoms with Gasteiger partial charge in [0.25, 0.3) is 5.91 Å². The number of morpholine rings is 1. The van der Waals surface area contributed by atoms with Crippen LogP contribution in [0.4, 0.5) is 0 Å². The number of nitrogens with one attached hydrogen (secondary N) is 2. The summed E-state index contributed by atoms with van der Waals surface area (Å²) >= 11 is 0. The van der Waals surface area contributed by atoms with Crippen LogP contribution in [-0.2, 0) is 22.5 Å². The van der Waals surface area contributed by atoms with Crippen molar-refractivity contribution in [1.82, 2.24) is 25.2 Å². The van der Waals surface area contributed by atoms with Crippen LogP contribution < -0.4 is 5.32 Å². The van der Waals surface area contributed by atoms with Gasteiger partial charge in [-0.1, -0.05) is 6.07 Å². The van der Waals surface area contributed by atoms with Crippen molar-refractivity contribution in [3.63, 3.8) is 0 Å². The molecule has 0 aliphatic carbocycles. The molecule has 0 bridgehead atoms. The molecule has 6 rings (SSSR count). The quantitative estimate of drug-likeness (QED) is 0.369. The van der Waals surface area contributed by atoms with Crippen LogP contribution in [0.3, 0.4) is 0 Å². The Morgan fingerprint density at radius 1 is 1.10 bits per heavy atom. The highest BCUT2D eigenvalue weighted by Crippen LogP contribution is 2.37. The van der Waals surface area contributed by atoms with E-state index in [0.29, 0.717) is 26.3 Å². The summed E-state index contributed by atoms with van der Waals surface area (Å²) < 4.78 is 5.83. The number of aryl methyl sites for hydroxylation is 2. The van der Waals surface area contributed by atoms with E-state index in [1.165, 1.54) is 5.56 Å². The fraction of sp³-hybridized carbons (Fsp3) is 0.387. The first-order chi connectivity index (χ1) is 18.7. The highest BCUT2D eigenvalue weighted by molar-refractivity contribution is 5.96. The SMILES string of the molecule is Cc1cc(-c2c[nH]c3ncc(-c4cc5c(c([C@@H]6COCCN6)c4)CN(C(=O)C(C)(C)O)CC5)cc23)c(C)cn1. The minimum atomic E-state index is -1.40. The van der Waals surface area contributed by atoms with Crippen molar-refractivity contribution in [1.29, 1.82) is 0 Å². The molecular weight excluding hydrogens is 490 g/mol. The third-order valence-electron chi connectivity index (χ3n) is 7.88. The number of hydrogen-bond acceptors (Lipinski definition) is 6. The number of pyridine rings is 2. The third-order valence-corrected chi connectivity index (χ3v) is 7.88. The van der Waals surface area contributed by atoms with Crippen molar-refractivity contribution >= 4 is 16.9 Å². The van der Waals surface area contributed by atoms with Crippen LogP contribution >= 0.6 is 0 Å². The molecule has 2 aliphatic heterocycles. The molecule has 1 atom stereocenters. The molecule has 202 valence electrons. The first kappa shape index (κ1) is 25.7. The maximum absolute atomic E-state index is 12.9. The maximum atomic E-state index is 12.9. The minimum Gasteiger partial charge on any atom is -0.381 e. The van der Waals surface area contributed by atoms with Crippen molar-refractivity contribution in [3.8, 4) is 22.3 Å². The summed E-state index contributed by atoms with van der Waals surface area (Å²) in [6, 6.07) is 8.83. The largest absolute Gasteiger partial charge is 0.381 e. The van der Waals surface area contributed by atoms with Crippen molar-refractivity contribution in [3.05, 3.63) is 70.8 Å². The highest BCUT2D eigenvalue weighted by atomic mass is 16.5. The zero-order chi connectivity index (χ0) is 27.3. The van der Waals surface area contributed by atoms with Crippen LogP contribution in [0.15, 0.2) is 42.9 Å². The number of carbonyl (C=O) groups excluding carboxylic acids is 1. The number of aliphatic hydroxyl groups is 1. The van der Waals surface area contributed by atoms with Crippen LogP contribution in [0.5, 0.6) is 0 Å². The average Bonchev–Trinajstić information content (AvgIpc) is 3.36.